The summed E-state index contributed by atoms with van der Waals surface area (Å²) in [6, 6.07) is 9.77. The number of ether oxygens (including phenoxy) is 1. The van der Waals surface area contributed by atoms with Crippen LogP contribution < -0.4 is 5.32 Å². The molecule has 0 amide bonds. The number of fused-ring (bicyclic) bond motifs is 1. The number of aliphatic hydroxyl groups excluding tert-OH is 2. The van der Waals surface area contributed by atoms with Crippen molar-refractivity contribution in [3.8, 4) is 0 Å². The van der Waals surface area contributed by atoms with Crippen LogP contribution in [0.15, 0.2) is 54.1 Å². The molecule has 0 spiro atoms. The Morgan fingerprint density at radius 3 is 2.65 bits per heavy atom. The Hall–Kier alpha value is -2.11. The Balaban J connectivity index is 1.66. The number of carbonyl (C=O) groups excluding carboxylic acids is 1. The summed E-state index contributed by atoms with van der Waals surface area (Å²) in [4.78, 5) is 12.5. The molecule has 0 saturated heterocycles. The van der Waals surface area contributed by atoms with E-state index < -0.39 is 11.5 Å². The van der Waals surface area contributed by atoms with Gasteiger partial charge in [0, 0.05) is 11.1 Å². The fourth-order valence-electron chi connectivity index (χ4n) is 6.53. The van der Waals surface area contributed by atoms with Crippen molar-refractivity contribution in [2.75, 3.05) is 18.5 Å². The maximum atomic E-state index is 12.5. The number of cyclic esters (lactones) is 1. The summed E-state index contributed by atoms with van der Waals surface area (Å²) in [6.45, 7) is 9.07. The smallest absolute Gasteiger partial charge is 0.336 e. The van der Waals surface area contributed by atoms with E-state index in [0.717, 1.165) is 31.4 Å². The van der Waals surface area contributed by atoms with Crippen molar-refractivity contribution in [3.63, 3.8) is 0 Å². The van der Waals surface area contributed by atoms with E-state index in [4.69, 9.17) is 4.74 Å². The van der Waals surface area contributed by atoms with Crippen LogP contribution >= 0.6 is 0 Å². The van der Waals surface area contributed by atoms with Crippen LogP contribution in [0.2, 0.25) is 0 Å². The van der Waals surface area contributed by atoms with E-state index in [1.807, 2.05) is 43.3 Å². The number of nitrogens with one attached hydrogen (secondary N) is 1. The van der Waals surface area contributed by atoms with Gasteiger partial charge < -0.3 is 20.3 Å². The van der Waals surface area contributed by atoms with Crippen molar-refractivity contribution < 1.29 is 19.7 Å². The molecule has 3 aliphatic rings. The number of allylic oxidation sites excluding steroid dienone is 1. The predicted molar refractivity (Wildman–Crippen MR) is 121 cm³/mol. The van der Waals surface area contributed by atoms with E-state index in [1.54, 1.807) is 0 Å². The molecule has 5 heteroatoms. The number of aliphatic hydroxyl groups is 2. The highest BCUT2D eigenvalue weighted by Crippen LogP contribution is 2.62. The zero-order valence-electron chi connectivity index (χ0n) is 18.6. The molecule has 1 heterocycles. The maximum Gasteiger partial charge on any atom is 0.336 e. The van der Waals surface area contributed by atoms with Crippen molar-refractivity contribution >= 4 is 11.7 Å². The number of hydrogen-bond donors (Lipinski definition) is 3. The van der Waals surface area contributed by atoms with Gasteiger partial charge in [0.2, 0.25) is 0 Å². The lowest BCUT2D eigenvalue weighted by Gasteiger charge is -2.60. The van der Waals surface area contributed by atoms with Crippen LogP contribution in [0.5, 0.6) is 0 Å². The largest absolute Gasteiger partial charge is 0.458 e. The van der Waals surface area contributed by atoms with Gasteiger partial charge in [-0.05, 0) is 67.6 Å². The van der Waals surface area contributed by atoms with E-state index in [9.17, 15) is 15.0 Å². The number of benzene rings is 1. The molecule has 31 heavy (non-hydrogen) atoms. The zero-order valence-corrected chi connectivity index (χ0v) is 18.6. The molecule has 2 saturated carbocycles. The molecule has 2 aliphatic carbocycles. The summed E-state index contributed by atoms with van der Waals surface area (Å²) in [5.74, 6) is 0.127. The van der Waals surface area contributed by atoms with Crippen molar-refractivity contribution in [2.45, 2.75) is 58.1 Å². The molecular weight excluding hydrogens is 390 g/mol. The Morgan fingerprint density at radius 2 is 2.00 bits per heavy atom. The lowest BCUT2D eigenvalue weighted by atomic mass is 9.46. The fraction of sp³-hybridized carbons (Fsp3) is 0.577. The minimum Gasteiger partial charge on any atom is -0.458 e. The van der Waals surface area contributed by atoms with Crippen LogP contribution in [0.25, 0.3) is 0 Å². The zero-order chi connectivity index (χ0) is 22.2. The van der Waals surface area contributed by atoms with E-state index in [1.165, 1.54) is 5.57 Å². The molecule has 2 fully saturated rings. The third-order valence-corrected chi connectivity index (χ3v) is 8.41. The van der Waals surface area contributed by atoms with Crippen LogP contribution in [-0.2, 0) is 9.53 Å². The van der Waals surface area contributed by atoms with E-state index >= 15 is 0 Å². The number of para-hydroxylation sites is 1. The first-order chi connectivity index (χ1) is 14.8. The molecular formula is C26H35NO4. The van der Waals surface area contributed by atoms with Crippen LogP contribution in [-0.4, -0.2) is 41.5 Å². The van der Waals surface area contributed by atoms with Gasteiger partial charge in [-0.3, -0.25) is 0 Å². The molecule has 168 valence electrons. The fourth-order valence-corrected chi connectivity index (χ4v) is 6.53. The minimum absolute atomic E-state index is 0.0171. The molecule has 1 aromatic rings. The molecule has 1 aromatic carbocycles. The van der Waals surface area contributed by atoms with Gasteiger partial charge in [-0.15, -0.1) is 0 Å². The van der Waals surface area contributed by atoms with Gasteiger partial charge in [0.05, 0.1) is 24.3 Å². The summed E-state index contributed by atoms with van der Waals surface area (Å²) in [6.07, 6.45) is 5.51. The molecule has 6 atom stereocenters. The predicted octanol–water partition coefficient (Wildman–Crippen LogP) is 4.08. The van der Waals surface area contributed by atoms with E-state index in [0.29, 0.717) is 18.6 Å². The van der Waals surface area contributed by atoms with Crippen LogP contribution in [0.1, 0.15) is 46.0 Å². The quantitative estimate of drug-likeness (QED) is 0.473. The second-order valence-corrected chi connectivity index (χ2v) is 10.1. The maximum absolute atomic E-state index is 12.5. The Labute approximate surface area is 185 Å². The topological polar surface area (TPSA) is 78.8 Å². The number of carbonyl (C=O) groups is 1. The standard InChI is InChI=1S/C26H35NO4/c1-17-9-10-22-25(2,13-11-23(29)26(22,3)16-28)20(17)15-21(19-12-14-31-24(19)30)27-18-7-5-4-6-8-18/h4-8,12,20-23,27-29H,1,9-11,13-16H2,2-3H3/t20-,21?,22?,23+,25+,26-/m0/s1. The van der Waals surface area contributed by atoms with Gasteiger partial charge in [0.1, 0.15) is 6.61 Å². The summed E-state index contributed by atoms with van der Waals surface area (Å²) in [5.41, 5.74) is 2.26. The highest BCUT2D eigenvalue weighted by Gasteiger charge is 2.58. The first-order valence-electron chi connectivity index (χ1n) is 11.4. The number of rotatable bonds is 6. The molecule has 5 nitrogen and oxygen atoms in total. The summed E-state index contributed by atoms with van der Waals surface area (Å²) in [5, 5.41) is 24.6. The van der Waals surface area contributed by atoms with Crippen molar-refractivity contribution in [1.29, 1.82) is 0 Å². The van der Waals surface area contributed by atoms with Gasteiger partial charge in [0.15, 0.2) is 0 Å². The Kier molecular flexibility index (Phi) is 6.01. The number of anilines is 1. The molecule has 4 rings (SSSR count). The number of esters is 1. The summed E-state index contributed by atoms with van der Waals surface area (Å²) in [7, 11) is 0. The van der Waals surface area contributed by atoms with Gasteiger partial charge in [-0.1, -0.05) is 44.2 Å². The molecule has 3 N–H and O–H groups in total. The SMILES string of the molecule is C=C1CCC2[C@](C)(CO)[C@H](O)CC[C@]2(C)[C@H]1CC(Nc1ccccc1)C1=CCOC1=O. The molecule has 0 bridgehead atoms. The van der Waals surface area contributed by atoms with Crippen molar-refractivity contribution in [3.05, 3.63) is 54.1 Å². The molecule has 0 aromatic heterocycles. The summed E-state index contributed by atoms with van der Waals surface area (Å²) >= 11 is 0. The Bertz CT molecular complexity index is 865. The van der Waals surface area contributed by atoms with E-state index in [-0.39, 0.29) is 35.9 Å². The monoisotopic (exact) mass is 425 g/mol. The van der Waals surface area contributed by atoms with Crippen LogP contribution in [0.4, 0.5) is 5.69 Å². The van der Waals surface area contributed by atoms with Crippen molar-refractivity contribution in [2.24, 2.45) is 22.7 Å². The lowest BCUT2D eigenvalue weighted by Crippen LogP contribution is -2.58. The third kappa shape index (κ3) is 3.83. The van der Waals surface area contributed by atoms with Crippen LogP contribution in [0.3, 0.4) is 0 Å². The minimum atomic E-state index is -0.514. The first-order valence-corrected chi connectivity index (χ1v) is 11.4. The van der Waals surface area contributed by atoms with Gasteiger partial charge in [-0.2, -0.15) is 0 Å². The lowest BCUT2D eigenvalue weighted by molar-refractivity contribution is -0.152. The summed E-state index contributed by atoms with van der Waals surface area (Å²) < 4.78 is 5.24. The normalized spacial score (nSPS) is 36.4. The molecule has 1 aliphatic heterocycles. The van der Waals surface area contributed by atoms with Crippen molar-refractivity contribution in [1.82, 2.24) is 0 Å². The third-order valence-electron chi connectivity index (χ3n) is 8.41. The highest BCUT2D eigenvalue weighted by molar-refractivity contribution is 5.92. The average Bonchev–Trinajstić information content (AvgIpc) is 3.19. The van der Waals surface area contributed by atoms with Gasteiger partial charge in [0.25, 0.3) is 0 Å². The Morgan fingerprint density at radius 1 is 1.26 bits per heavy atom. The van der Waals surface area contributed by atoms with Crippen LogP contribution in [0, 0.1) is 22.7 Å². The average molecular weight is 426 g/mol. The number of hydrogen-bond acceptors (Lipinski definition) is 5. The second-order valence-electron chi connectivity index (χ2n) is 10.1. The molecule has 2 unspecified atom stereocenters. The second kappa shape index (κ2) is 8.44. The first kappa shape index (κ1) is 22.1. The van der Waals surface area contributed by atoms with E-state index in [2.05, 4.69) is 18.8 Å². The highest BCUT2D eigenvalue weighted by atomic mass is 16.5. The van der Waals surface area contributed by atoms with Gasteiger partial charge in [-0.25, -0.2) is 4.79 Å². The molecule has 0 radical (unpaired) electrons. The van der Waals surface area contributed by atoms with Gasteiger partial charge >= 0.3 is 5.97 Å².